The van der Waals surface area contributed by atoms with Gasteiger partial charge in [-0.1, -0.05) is 115 Å². The third-order valence-corrected chi connectivity index (χ3v) is 9.52. The first-order chi connectivity index (χ1) is 24.6. The number of fused-ring (bicyclic) bond motifs is 2. The van der Waals surface area contributed by atoms with Crippen LogP contribution in [0.5, 0.6) is 0 Å². The fourth-order valence-electron chi connectivity index (χ4n) is 6.91. The molecular weight excluding hydrogens is 611 g/mol. The van der Waals surface area contributed by atoms with Crippen LogP contribution >= 0.6 is 0 Å². The molecule has 3 heterocycles. The second-order valence-corrected chi connectivity index (χ2v) is 13.1. The third kappa shape index (κ3) is 6.63. The van der Waals surface area contributed by atoms with Gasteiger partial charge in [-0.05, 0) is 84.1 Å². The van der Waals surface area contributed by atoms with E-state index in [0.717, 1.165) is 58.7 Å². The molecule has 50 heavy (non-hydrogen) atoms. The lowest BCUT2D eigenvalue weighted by molar-refractivity contribution is 0.681. The van der Waals surface area contributed by atoms with E-state index in [0.29, 0.717) is 0 Å². The Balaban J connectivity index is 1.09. The molecule has 8 rings (SSSR count). The summed E-state index contributed by atoms with van der Waals surface area (Å²) in [6.45, 7) is 5.98. The van der Waals surface area contributed by atoms with Crippen LogP contribution in [-0.2, 0) is 13.1 Å². The van der Waals surface area contributed by atoms with Crippen molar-refractivity contribution >= 4 is 45.1 Å². The molecule has 244 valence electrons. The minimum absolute atomic E-state index is 0.0714. The Morgan fingerprint density at radius 2 is 1.18 bits per heavy atom. The normalized spacial score (nSPS) is 14.5. The number of rotatable bonds is 9. The van der Waals surface area contributed by atoms with Gasteiger partial charge in [0.05, 0.1) is 22.4 Å². The molecule has 7 aromatic rings. The van der Waals surface area contributed by atoms with Crippen LogP contribution in [0, 0.1) is 13.8 Å². The number of aryl methyl sites for hydroxylation is 2. The van der Waals surface area contributed by atoms with E-state index in [1.165, 1.54) is 33.3 Å². The highest BCUT2D eigenvalue weighted by Gasteiger charge is 2.31. The molecule has 5 heteroatoms. The van der Waals surface area contributed by atoms with E-state index in [1.807, 2.05) is 6.07 Å². The van der Waals surface area contributed by atoms with Crippen molar-refractivity contribution < 1.29 is 0 Å². The van der Waals surface area contributed by atoms with E-state index < -0.39 is 0 Å². The highest BCUT2D eigenvalue weighted by Crippen LogP contribution is 2.37. The van der Waals surface area contributed by atoms with Gasteiger partial charge in [0.2, 0.25) is 0 Å². The lowest BCUT2D eigenvalue weighted by atomic mass is 10.0. The number of pyridine rings is 2. The van der Waals surface area contributed by atoms with Crippen molar-refractivity contribution in [1.29, 1.82) is 0 Å². The molecule has 1 aliphatic rings. The van der Waals surface area contributed by atoms with Crippen LogP contribution in [0.25, 0.3) is 27.9 Å². The number of para-hydroxylation sites is 2. The summed E-state index contributed by atoms with van der Waals surface area (Å²) in [7, 11) is 0. The van der Waals surface area contributed by atoms with E-state index in [9.17, 15) is 0 Å². The standard InChI is InChI=1S/C45H39N5/c1-32-27-43(46-41-19-11-9-17-39(32)41)44-29-37(48-50(44)45-28-33(2)40-18-10-12-20-42(40)47-45)24-21-34-22-25-38(26-23-34)49(30-35-13-5-3-6-14-35)31-36-15-7-4-8-16-36/h3-28,44H,29-31H2,1-2H3. The summed E-state index contributed by atoms with van der Waals surface area (Å²) in [5.41, 5.74) is 11.3. The van der Waals surface area contributed by atoms with Crippen molar-refractivity contribution in [3.05, 3.63) is 185 Å². The number of anilines is 2. The first kappa shape index (κ1) is 31.2. The number of hydrazone groups is 1. The SMILES string of the molecule is Cc1cc(C2CC(C=Cc3ccc(N(Cc4ccccc4)Cc4ccccc4)cc3)=NN2c2cc(C)c3ccccc3n2)nc2ccccc12. The van der Waals surface area contributed by atoms with Crippen LogP contribution in [0.3, 0.4) is 0 Å². The average Bonchev–Trinajstić information content (AvgIpc) is 3.59. The Morgan fingerprint density at radius 3 is 1.82 bits per heavy atom. The highest BCUT2D eigenvalue weighted by atomic mass is 15.5. The van der Waals surface area contributed by atoms with Crippen molar-refractivity contribution in [2.24, 2.45) is 5.10 Å². The zero-order valence-electron chi connectivity index (χ0n) is 28.4. The Hall–Kier alpha value is -6.07. The number of hydrogen-bond acceptors (Lipinski definition) is 5. The number of hydrogen-bond donors (Lipinski definition) is 0. The van der Waals surface area contributed by atoms with Gasteiger partial charge in [0, 0.05) is 36.0 Å². The molecule has 0 spiro atoms. The van der Waals surface area contributed by atoms with Gasteiger partial charge in [-0.25, -0.2) is 9.99 Å². The zero-order valence-corrected chi connectivity index (χ0v) is 28.4. The largest absolute Gasteiger partial charge is 0.363 e. The summed E-state index contributed by atoms with van der Waals surface area (Å²) < 4.78 is 0. The molecule has 1 aliphatic heterocycles. The predicted octanol–water partition coefficient (Wildman–Crippen LogP) is 10.6. The van der Waals surface area contributed by atoms with Gasteiger partial charge < -0.3 is 4.90 Å². The minimum atomic E-state index is -0.0714. The molecule has 5 aromatic carbocycles. The van der Waals surface area contributed by atoms with Gasteiger partial charge in [-0.2, -0.15) is 5.10 Å². The van der Waals surface area contributed by atoms with Crippen molar-refractivity contribution in [1.82, 2.24) is 9.97 Å². The van der Waals surface area contributed by atoms with E-state index in [-0.39, 0.29) is 6.04 Å². The molecule has 0 saturated heterocycles. The summed E-state index contributed by atoms with van der Waals surface area (Å²) in [4.78, 5) is 12.7. The molecule has 0 amide bonds. The van der Waals surface area contributed by atoms with Crippen molar-refractivity contribution in [2.75, 3.05) is 9.91 Å². The van der Waals surface area contributed by atoms with Crippen LogP contribution < -0.4 is 9.91 Å². The predicted molar refractivity (Wildman–Crippen MR) is 208 cm³/mol. The Labute approximate surface area is 293 Å². The molecule has 1 atom stereocenters. The lowest BCUT2D eigenvalue weighted by Crippen LogP contribution is -2.22. The third-order valence-electron chi connectivity index (χ3n) is 9.52. The summed E-state index contributed by atoms with van der Waals surface area (Å²) in [6.07, 6.45) is 5.05. The molecule has 0 radical (unpaired) electrons. The molecule has 5 nitrogen and oxygen atoms in total. The second-order valence-electron chi connectivity index (χ2n) is 13.1. The van der Waals surface area contributed by atoms with Crippen molar-refractivity contribution in [3.8, 4) is 0 Å². The fraction of sp³-hybridized carbons (Fsp3) is 0.133. The first-order valence-corrected chi connectivity index (χ1v) is 17.3. The van der Waals surface area contributed by atoms with Crippen LogP contribution in [0.2, 0.25) is 0 Å². The van der Waals surface area contributed by atoms with Gasteiger partial charge in [0.1, 0.15) is 11.9 Å². The van der Waals surface area contributed by atoms with Crippen LogP contribution in [-0.4, -0.2) is 15.7 Å². The Bertz CT molecular complexity index is 2290. The molecule has 0 N–H and O–H groups in total. The van der Waals surface area contributed by atoms with Crippen LogP contribution in [0.1, 0.15) is 46.0 Å². The van der Waals surface area contributed by atoms with Gasteiger partial charge in [0.15, 0.2) is 0 Å². The summed E-state index contributed by atoms with van der Waals surface area (Å²) in [5.74, 6) is 0.837. The number of benzene rings is 5. The van der Waals surface area contributed by atoms with Gasteiger partial charge >= 0.3 is 0 Å². The molecule has 0 fully saturated rings. The average molecular weight is 650 g/mol. The first-order valence-electron chi connectivity index (χ1n) is 17.3. The Morgan fingerprint density at radius 1 is 0.620 bits per heavy atom. The molecule has 0 aliphatic carbocycles. The molecule has 1 unspecified atom stereocenters. The van der Waals surface area contributed by atoms with Crippen molar-refractivity contribution in [2.45, 2.75) is 39.4 Å². The maximum absolute atomic E-state index is 5.18. The van der Waals surface area contributed by atoms with Crippen LogP contribution in [0.4, 0.5) is 11.5 Å². The number of aromatic nitrogens is 2. The maximum Gasteiger partial charge on any atom is 0.150 e. The number of allylic oxidation sites excluding steroid dienone is 1. The highest BCUT2D eigenvalue weighted by molar-refractivity contribution is 6.01. The summed E-state index contributed by atoms with van der Waals surface area (Å²) >= 11 is 0. The minimum Gasteiger partial charge on any atom is -0.363 e. The monoisotopic (exact) mass is 649 g/mol. The topological polar surface area (TPSA) is 44.6 Å². The number of nitrogens with zero attached hydrogens (tertiary/aromatic N) is 5. The molecule has 0 bridgehead atoms. The zero-order chi connectivity index (χ0) is 33.9. The molecule has 2 aromatic heterocycles. The van der Waals surface area contributed by atoms with E-state index in [2.05, 4.69) is 175 Å². The van der Waals surface area contributed by atoms with E-state index >= 15 is 0 Å². The molecular formula is C45H39N5. The summed E-state index contributed by atoms with van der Waals surface area (Å²) in [6, 6.07) is 51.1. The van der Waals surface area contributed by atoms with Gasteiger partial charge in [0.25, 0.3) is 0 Å². The van der Waals surface area contributed by atoms with Gasteiger partial charge in [-0.15, -0.1) is 0 Å². The smallest absolute Gasteiger partial charge is 0.150 e. The van der Waals surface area contributed by atoms with Crippen LogP contribution in [0.15, 0.2) is 157 Å². The lowest BCUT2D eigenvalue weighted by Gasteiger charge is -2.25. The summed E-state index contributed by atoms with van der Waals surface area (Å²) in [5, 5.41) is 9.59. The van der Waals surface area contributed by atoms with Crippen molar-refractivity contribution in [3.63, 3.8) is 0 Å². The van der Waals surface area contributed by atoms with Gasteiger partial charge in [-0.3, -0.25) is 4.98 Å². The maximum atomic E-state index is 5.18. The van der Waals surface area contributed by atoms with E-state index in [1.54, 1.807) is 0 Å². The Kier molecular flexibility index (Phi) is 8.62. The fourth-order valence-corrected chi connectivity index (χ4v) is 6.91. The second kappa shape index (κ2) is 13.8. The van der Waals surface area contributed by atoms with E-state index in [4.69, 9.17) is 15.1 Å². The molecule has 0 saturated carbocycles. The quantitative estimate of drug-likeness (QED) is 0.156.